The highest BCUT2D eigenvalue weighted by molar-refractivity contribution is 5.93. The molecule has 0 fully saturated rings. The van der Waals surface area contributed by atoms with E-state index in [0.29, 0.717) is 0 Å². The Morgan fingerprint density at radius 3 is 1.71 bits per heavy atom. The number of rotatable bonds is 7. The van der Waals surface area contributed by atoms with Gasteiger partial charge in [-0.2, -0.15) is 0 Å². The molecule has 0 bridgehead atoms. The molecule has 158 valence electrons. The quantitative estimate of drug-likeness (QED) is 0.391. The molecule has 0 radical (unpaired) electrons. The van der Waals surface area contributed by atoms with Crippen molar-refractivity contribution in [3.05, 3.63) is 95.6 Å². The second kappa shape index (κ2) is 9.66. The van der Waals surface area contributed by atoms with Crippen molar-refractivity contribution in [1.29, 1.82) is 0 Å². The third-order valence-corrected chi connectivity index (χ3v) is 4.36. The van der Waals surface area contributed by atoms with Gasteiger partial charge in [0.15, 0.2) is 11.5 Å². The van der Waals surface area contributed by atoms with E-state index >= 15 is 0 Å². The number of carboxylic acid groups (broad SMARTS) is 1. The molecule has 0 saturated carbocycles. The lowest BCUT2D eigenvalue weighted by Crippen LogP contribution is -2.36. The number of hydrogen-bond acceptors (Lipinski definition) is 7. The fourth-order valence-electron chi connectivity index (χ4n) is 2.68. The summed E-state index contributed by atoms with van der Waals surface area (Å²) in [5, 5.41) is 19.3. The van der Waals surface area contributed by atoms with Gasteiger partial charge in [0, 0.05) is 0 Å². The maximum atomic E-state index is 12.5. The lowest BCUT2D eigenvalue weighted by atomic mass is 10.0. The lowest BCUT2D eigenvalue weighted by Gasteiger charge is -2.17. The SMILES string of the molecule is N[C@@H](C(=O)O)[C@H](O)c1ccc(OC(=O)c2ccccc2)c(OC(=O)c2ccccc2)c1. The molecule has 0 spiro atoms. The van der Waals surface area contributed by atoms with Crippen LogP contribution >= 0.6 is 0 Å². The minimum Gasteiger partial charge on any atom is -0.480 e. The number of benzene rings is 3. The summed E-state index contributed by atoms with van der Waals surface area (Å²) in [4.78, 5) is 36.0. The average Bonchev–Trinajstić information content (AvgIpc) is 2.80. The van der Waals surface area contributed by atoms with Gasteiger partial charge in [-0.25, -0.2) is 9.59 Å². The van der Waals surface area contributed by atoms with Gasteiger partial charge in [0.05, 0.1) is 11.1 Å². The summed E-state index contributed by atoms with van der Waals surface area (Å²) >= 11 is 0. The summed E-state index contributed by atoms with van der Waals surface area (Å²) < 4.78 is 10.7. The lowest BCUT2D eigenvalue weighted by molar-refractivity contribution is -0.141. The van der Waals surface area contributed by atoms with Gasteiger partial charge in [0.2, 0.25) is 0 Å². The summed E-state index contributed by atoms with van der Waals surface area (Å²) in [6, 6.07) is 18.5. The van der Waals surface area contributed by atoms with Gasteiger partial charge in [-0.15, -0.1) is 0 Å². The molecule has 0 aliphatic rings. The van der Waals surface area contributed by atoms with Crippen LogP contribution in [0.3, 0.4) is 0 Å². The zero-order valence-electron chi connectivity index (χ0n) is 16.2. The molecule has 0 saturated heterocycles. The molecule has 8 nitrogen and oxygen atoms in total. The molecule has 3 aromatic rings. The topological polar surface area (TPSA) is 136 Å². The van der Waals surface area contributed by atoms with Crippen molar-refractivity contribution in [3.8, 4) is 11.5 Å². The number of aliphatic hydroxyl groups is 1. The molecule has 3 rings (SSSR count). The zero-order chi connectivity index (χ0) is 22.4. The van der Waals surface area contributed by atoms with Crippen LogP contribution in [-0.2, 0) is 4.79 Å². The van der Waals surface area contributed by atoms with E-state index in [1.807, 2.05) is 0 Å². The van der Waals surface area contributed by atoms with E-state index < -0.39 is 30.1 Å². The molecule has 4 N–H and O–H groups in total. The minimum absolute atomic E-state index is 0.0743. The Morgan fingerprint density at radius 1 is 0.742 bits per heavy atom. The van der Waals surface area contributed by atoms with Crippen LogP contribution in [0, 0.1) is 0 Å². The second-order valence-electron chi connectivity index (χ2n) is 6.53. The number of nitrogens with two attached hydrogens (primary N) is 1. The summed E-state index contributed by atoms with van der Waals surface area (Å²) in [6.07, 6.45) is -1.58. The first-order valence-electron chi connectivity index (χ1n) is 9.21. The van der Waals surface area contributed by atoms with Crippen LogP contribution in [0.5, 0.6) is 11.5 Å². The van der Waals surface area contributed by atoms with Crippen molar-refractivity contribution in [2.45, 2.75) is 12.1 Å². The Bertz CT molecular complexity index is 1080. The highest BCUT2D eigenvalue weighted by Gasteiger charge is 2.26. The van der Waals surface area contributed by atoms with Gasteiger partial charge in [-0.3, -0.25) is 4.79 Å². The van der Waals surface area contributed by atoms with Crippen molar-refractivity contribution >= 4 is 17.9 Å². The van der Waals surface area contributed by atoms with Crippen molar-refractivity contribution in [2.75, 3.05) is 0 Å². The zero-order valence-corrected chi connectivity index (χ0v) is 16.2. The van der Waals surface area contributed by atoms with Gasteiger partial charge in [-0.05, 0) is 42.0 Å². The molecule has 0 heterocycles. The minimum atomic E-state index is -1.60. The summed E-state index contributed by atoms with van der Waals surface area (Å²) in [5.41, 5.74) is 6.08. The summed E-state index contributed by atoms with van der Waals surface area (Å²) in [5.74, 6) is -3.08. The van der Waals surface area contributed by atoms with E-state index in [-0.39, 0.29) is 28.2 Å². The third kappa shape index (κ3) is 5.33. The van der Waals surface area contributed by atoms with Gasteiger partial charge in [0.1, 0.15) is 12.1 Å². The molecule has 31 heavy (non-hydrogen) atoms. The molecule has 2 atom stereocenters. The van der Waals surface area contributed by atoms with Crippen molar-refractivity contribution in [2.24, 2.45) is 5.73 Å². The highest BCUT2D eigenvalue weighted by atomic mass is 16.6. The number of ether oxygens (including phenoxy) is 2. The van der Waals surface area contributed by atoms with E-state index in [0.717, 1.165) is 0 Å². The van der Waals surface area contributed by atoms with Gasteiger partial charge < -0.3 is 25.4 Å². The van der Waals surface area contributed by atoms with Gasteiger partial charge >= 0.3 is 17.9 Å². The molecule has 0 aliphatic heterocycles. The monoisotopic (exact) mass is 421 g/mol. The molecule has 3 aromatic carbocycles. The number of aliphatic hydroxyl groups excluding tert-OH is 1. The van der Waals surface area contributed by atoms with Gasteiger partial charge in [-0.1, -0.05) is 42.5 Å². The van der Waals surface area contributed by atoms with Crippen LogP contribution in [0.15, 0.2) is 78.9 Å². The molecule has 0 aromatic heterocycles. The number of carboxylic acids is 1. The fourth-order valence-corrected chi connectivity index (χ4v) is 2.68. The Labute approximate surface area is 177 Å². The largest absolute Gasteiger partial charge is 0.480 e. The number of carbonyl (C=O) groups excluding carboxylic acids is 2. The van der Waals surface area contributed by atoms with Crippen LogP contribution in [0.25, 0.3) is 0 Å². The first-order valence-corrected chi connectivity index (χ1v) is 9.21. The highest BCUT2D eigenvalue weighted by Crippen LogP contribution is 2.32. The Kier molecular flexibility index (Phi) is 6.76. The van der Waals surface area contributed by atoms with Crippen molar-refractivity contribution in [3.63, 3.8) is 0 Å². The average molecular weight is 421 g/mol. The van der Waals surface area contributed by atoms with Crippen LogP contribution < -0.4 is 15.2 Å². The Hall–Kier alpha value is -4.01. The molecule has 0 aliphatic carbocycles. The normalized spacial score (nSPS) is 12.5. The molecular formula is C23H19NO7. The number of carbonyl (C=O) groups is 3. The smallest absolute Gasteiger partial charge is 0.343 e. The fraction of sp³-hybridized carbons (Fsp3) is 0.0870. The third-order valence-electron chi connectivity index (χ3n) is 4.36. The van der Waals surface area contributed by atoms with E-state index in [4.69, 9.17) is 20.3 Å². The Morgan fingerprint density at radius 2 is 1.23 bits per heavy atom. The number of hydrogen-bond donors (Lipinski definition) is 3. The predicted molar refractivity (Wildman–Crippen MR) is 110 cm³/mol. The van der Waals surface area contributed by atoms with E-state index in [9.17, 15) is 19.5 Å². The number of esters is 2. The maximum absolute atomic E-state index is 12.5. The van der Waals surface area contributed by atoms with Crippen LogP contribution in [-0.4, -0.2) is 34.2 Å². The molecular weight excluding hydrogens is 402 g/mol. The number of aliphatic carboxylic acids is 1. The van der Waals surface area contributed by atoms with E-state index in [1.54, 1.807) is 48.5 Å². The maximum Gasteiger partial charge on any atom is 0.343 e. The first kappa shape index (κ1) is 21.7. The van der Waals surface area contributed by atoms with Crippen LogP contribution in [0.2, 0.25) is 0 Å². The first-order chi connectivity index (χ1) is 14.9. The van der Waals surface area contributed by atoms with Crippen LogP contribution in [0.4, 0.5) is 0 Å². The van der Waals surface area contributed by atoms with Crippen LogP contribution in [0.1, 0.15) is 32.4 Å². The van der Waals surface area contributed by atoms with E-state index in [2.05, 4.69) is 0 Å². The molecule has 0 amide bonds. The van der Waals surface area contributed by atoms with Gasteiger partial charge in [0.25, 0.3) is 0 Å². The van der Waals surface area contributed by atoms with Crippen molar-refractivity contribution in [1.82, 2.24) is 0 Å². The summed E-state index contributed by atoms with van der Waals surface area (Å²) in [7, 11) is 0. The van der Waals surface area contributed by atoms with E-state index in [1.165, 1.54) is 30.3 Å². The second-order valence-corrected chi connectivity index (χ2v) is 6.53. The molecule has 8 heteroatoms. The van der Waals surface area contributed by atoms with Crippen molar-refractivity contribution < 1.29 is 34.1 Å². The predicted octanol–water partition coefficient (Wildman–Crippen LogP) is 2.57. The summed E-state index contributed by atoms with van der Waals surface area (Å²) in [6.45, 7) is 0. The standard InChI is InChI=1S/C23H19NO7/c24-19(21(26)27)20(25)16-11-12-17(30-22(28)14-7-3-1-4-8-14)18(13-16)31-23(29)15-9-5-2-6-10-15/h1-13,19-20,25H,24H2,(H,26,27)/t19-,20-/m1/s1. The molecule has 0 unspecified atom stereocenters. The Balaban J connectivity index is 1.94.